The van der Waals surface area contributed by atoms with E-state index in [9.17, 15) is 9.59 Å². The molecule has 236 valence electrons. The van der Waals surface area contributed by atoms with Gasteiger partial charge in [0.15, 0.2) is 0 Å². The molecule has 0 radical (unpaired) electrons. The topological polar surface area (TPSA) is 71.1 Å². The molecule has 3 aromatic carbocycles. The fourth-order valence-corrected chi connectivity index (χ4v) is 6.77. The van der Waals surface area contributed by atoms with Crippen molar-refractivity contribution in [3.8, 4) is 11.5 Å². The van der Waals surface area contributed by atoms with Crippen molar-refractivity contribution >= 4 is 63.8 Å². The molecule has 2 bridgehead atoms. The summed E-state index contributed by atoms with van der Waals surface area (Å²) in [6, 6.07) is 18.4. The molecule has 1 saturated carbocycles. The Hall–Kier alpha value is -2.94. The van der Waals surface area contributed by atoms with Crippen molar-refractivity contribution in [2.45, 2.75) is 50.9 Å². The van der Waals surface area contributed by atoms with Crippen molar-refractivity contribution in [1.29, 1.82) is 0 Å². The first kappa shape index (κ1) is 32.0. The monoisotopic (exact) mass is 687 g/mol. The minimum absolute atomic E-state index is 0.00891. The molecule has 0 unspecified atom stereocenters. The normalized spacial score (nSPS) is 19.4. The van der Waals surface area contributed by atoms with Gasteiger partial charge in [0.05, 0.1) is 21.1 Å². The molecule has 11 heteroatoms. The number of carbonyl (C=O) groups excluding carboxylic acids is 2. The number of ether oxygens (including phenoxy) is 2. The van der Waals surface area contributed by atoms with E-state index < -0.39 is 0 Å². The molecule has 45 heavy (non-hydrogen) atoms. The number of nitrogens with zero attached hydrogens (tertiary/aromatic N) is 2. The highest BCUT2D eigenvalue weighted by Crippen LogP contribution is 2.39. The van der Waals surface area contributed by atoms with E-state index in [-0.39, 0.29) is 29.9 Å². The zero-order chi connectivity index (χ0) is 31.7. The van der Waals surface area contributed by atoms with Gasteiger partial charge < -0.3 is 24.6 Å². The predicted molar refractivity (Wildman–Crippen MR) is 178 cm³/mol. The van der Waals surface area contributed by atoms with Crippen molar-refractivity contribution in [1.82, 2.24) is 15.1 Å². The molecule has 6 rings (SSSR count). The molecule has 3 aromatic rings. The highest BCUT2D eigenvalue weighted by Gasteiger charge is 2.43. The SMILES string of the molecule is CC(=O)N1C[C@H]2CC(c3ccc(OCCOc4cccc(Cl)c4Cl)cc3)=C(C(=O)N(Cc3cccc(Cl)c3Cl)C3CC3)[C@@H](C1)N2. The van der Waals surface area contributed by atoms with Crippen LogP contribution in [0.15, 0.2) is 66.2 Å². The molecule has 3 aliphatic rings. The van der Waals surface area contributed by atoms with Crippen LogP contribution in [-0.2, 0) is 16.1 Å². The van der Waals surface area contributed by atoms with Gasteiger partial charge in [-0.05, 0) is 66.3 Å². The van der Waals surface area contributed by atoms with Gasteiger partial charge in [-0.2, -0.15) is 0 Å². The standard InChI is InChI=1S/C34H33Cl4N3O4/c1-20(42)40-18-23-16-26(21-8-12-25(13-9-21)44-14-15-45-30-7-3-6-28(36)33(30)38)31(29(19-40)39-23)34(43)41(24-10-11-24)17-22-4-2-5-27(35)32(22)37/h2-9,12-13,23-24,29,39H,10-11,14-19H2,1H3/t23-,29-/m1/s1. The van der Waals surface area contributed by atoms with Crippen molar-refractivity contribution < 1.29 is 19.1 Å². The maximum atomic E-state index is 14.5. The van der Waals surface area contributed by atoms with Crippen molar-refractivity contribution in [3.05, 3.63) is 97.5 Å². The third kappa shape index (κ3) is 7.23. The maximum absolute atomic E-state index is 14.5. The molecule has 2 atom stereocenters. The number of benzene rings is 3. The number of rotatable bonds is 10. The second-order valence-electron chi connectivity index (χ2n) is 11.6. The lowest BCUT2D eigenvalue weighted by Crippen LogP contribution is -2.61. The second kappa shape index (κ2) is 13.8. The number of hydrogen-bond acceptors (Lipinski definition) is 5. The number of fused-ring (bicyclic) bond motifs is 2. The number of halogens is 4. The summed E-state index contributed by atoms with van der Waals surface area (Å²) in [7, 11) is 0. The Kier molecular flexibility index (Phi) is 9.83. The number of piperazine rings is 1. The quantitative estimate of drug-likeness (QED) is 0.227. The summed E-state index contributed by atoms with van der Waals surface area (Å²) in [4.78, 5) is 30.7. The Morgan fingerprint density at radius 1 is 0.889 bits per heavy atom. The van der Waals surface area contributed by atoms with Gasteiger partial charge in [0.2, 0.25) is 5.91 Å². The van der Waals surface area contributed by atoms with Crippen molar-refractivity contribution in [2.24, 2.45) is 0 Å². The highest BCUT2D eigenvalue weighted by molar-refractivity contribution is 6.43. The Labute approximate surface area is 283 Å². The summed E-state index contributed by atoms with van der Waals surface area (Å²) in [6.07, 6.45) is 2.49. The molecular formula is C34H33Cl4N3O4. The Bertz CT molecular complexity index is 1630. The fraction of sp³-hybridized carbons (Fsp3) is 0.353. The van der Waals surface area contributed by atoms with Crippen LogP contribution < -0.4 is 14.8 Å². The molecule has 2 aliphatic heterocycles. The molecule has 1 aliphatic carbocycles. The molecule has 1 N–H and O–H groups in total. The van der Waals surface area contributed by atoms with Crippen LogP contribution in [0.1, 0.15) is 37.3 Å². The van der Waals surface area contributed by atoms with Gasteiger partial charge in [0.25, 0.3) is 5.91 Å². The van der Waals surface area contributed by atoms with E-state index in [1.165, 1.54) is 0 Å². The maximum Gasteiger partial charge on any atom is 0.252 e. The average molecular weight is 689 g/mol. The van der Waals surface area contributed by atoms with Crippen molar-refractivity contribution in [3.63, 3.8) is 0 Å². The second-order valence-corrected chi connectivity index (χ2v) is 13.2. The summed E-state index contributed by atoms with van der Waals surface area (Å²) in [5.74, 6) is 1.15. The third-order valence-corrected chi connectivity index (χ3v) is 10.1. The van der Waals surface area contributed by atoms with Crippen LogP contribution in [0.25, 0.3) is 5.57 Å². The molecule has 2 heterocycles. The smallest absolute Gasteiger partial charge is 0.252 e. The first-order valence-corrected chi connectivity index (χ1v) is 16.5. The third-order valence-electron chi connectivity index (χ3n) is 8.43. The molecule has 2 amide bonds. The molecular weight excluding hydrogens is 656 g/mol. The van der Waals surface area contributed by atoms with Gasteiger partial charge in [-0.15, -0.1) is 0 Å². The Morgan fingerprint density at radius 2 is 1.58 bits per heavy atom. The minimum Gasteiger partial charge on any atom is -0.490 e. The average Bonchev–Trinajstić information content (AvgIpc) is 3.87. The highest BCUT2D eigenvalue weighted by atomic mass is 35.5. The fourth-order valence-electron chi connectivity index (χ4n) is 6.04. The largest absolute Gasteiger partial charge is 0.490 e. The van der Waals surface area contributed by atoms with E-state index in [0.717, 1.165) is 29.5 Å². The number of hydrogen-bond donors (Lipinski definition) is 1. The minimum atomic E-state index is -0.286. The van der Waals surface area contributed by atoms with Gasteiger partial charge in [-0.25, -0.2) is 0 Å². The van der Waals surface area contributed by atoms with Crippen LogP contribution in [-0.4, -0.2) is 66.0 Å². The molecule has 0 aromatic heterocycles. The van der Waals surface area contributed by atoms with E-state index >= 15 is 0 Å². The van der Waals surface area contributed by atoms with Gasteiger partial charge in [-0.3, -0.25) is 9.59 Å². The molecule has 0 spiro atoms. The summed E-state index contributed by atoms with van der Waals surface area (Å²) in [5, 5.41) is 5.36. The van der Waals surface area contributed by atoms with Crippen LogP contribution in [0.4, 0.5) is 0 Å². The van der Waals surface area contributed by atoms with E-state index in [4.69, 9.17) is 55.9 Å². The summed E-state index contributed by atoms with van der Waals surface area (Å²) >= 11 is 25.1. The lowest BCUT2D eigenvalue weighted by Gasteiger charge is -2.44. The first-order chi connectivity index (χ1) is 21.7. The summed E-state index contributed by atoms with van der Waals surface area (Å²) in [6.45, 7) is 3.58. The number of amides is 2. The van der Waals surface area contributed by atoms with Crippen LogP contribution in [0.3, 0.4) is 0 Å². The molecule has 2 fully saturated rings. The summed E-state index contributed by atoms with van der Waals surface area (Å²) < 4.78 is 11.7. The van der Waals surface area contributed by atoms with E-state index in [1.54, 1.807) is 31.2 Å². The van der Waals surface area contributed by atoms with E-state index in [1.807, 2.05) is 46.2 Å². The lowest BCUT2D eigenvalue weighted by atomic mass is 9.82. The predicted octanol–water partition coefficient (Wildman–Crippen LogP) is 7.30. The lowest BCUT2D eigenvalue weighted by molar-refractivity contribution is -0.132. The summed E-state index contributed by atoms with van der Waals surface area (Å²) in [5.41, 5.74) is 3.45. The van der Waals surface area contributed by atoms with E-state index in [0.29, 0.717) is 76.4 Å². The Morgan fingerprint density at radius 3 is 2.29 bits per heavy atom. The van der Waals surface area contributed by atoms with Gasteiger partial charge >= 0.3 is 0 Å². The van der Waals surface area contributed by atoms with Crippen molar-refractivity contribution in [2.75, 3.05) is 26.3 Å². The van der Waals surface area contributed by atoms with Gasteiger partial charge in [0.1, 0.15) is 29.7 Å². The van der Waals surface area contributed by atoms with Crippen LogP contribution in [0.2, 0.25) is 20.1 Å². The van der Waals surface area contributed by atoms with E-state index in [2.05, 4.69) is 5.32 Å². The van der Waals surface area contributed by atoms with Crippen LogP contribution >= 0.6 is 46.4 Å². The molecule has 1 saturated heterocycles. The zero-order valence-corrected chi connectivity index (χ0v) is 27.7. The molecule has 7 nitrogen and oxygen atoms in total. The van der Waals surface area contributed by atoms with Crippen LogP contribution in [0.5, 0.6) is 11.5 Å². The Balaban J connectivity index is 1.24. The number of carbonyl (C=O) groups is 2. The first-order valence-electron chi connectivity index (χ1n) is 15.0. The number of nitrogens with one attached hydrogen (secondary N) is 1. The zero-order valence-electron chi connectivity index (χ0n) is 24.7. The van der Waals surface area contributed by atoms with Gasteiger partial charge in [0, 0.05) is 44.2 Å². The van der Waals surface area contributed by atoms with Crippen LogP contribution in [0, 0.1) is 0 Å². The van der Waals surface area contributed by atoms with Gasteiger partial charge in [-0.1, -0.05) is 76.7 Å².